The van der Waals surface area contributed by atoms with Crippen LogP contribution in [-0.4, -0.2) is 39.6 Å². The summed E-state index contributed by atoms with van der Waals surface area (Å²) in [6.07, 6.45) is 1.76. The number of nitrogens with two attached hydrogens (primary N) is 1. The van der Waals surface area contributed by atoms with Gasteiger partial charge in [0.1, 0.15) is 5.75 Å². The van der Waals surface area contributed by atoms with Crippen LogP contribution in [0.3, 0.4) is 0 Å². The second-order valence-corrected chi connectivity index (χ2v) is 7.02. The summed E-state index contributed by atoms with van der Waals surface area (Å²) < 4.78 is 21.8. The van der Waals surface area contributed by atoms with Gasteiger partial charge in [0, 0.05) is 24.3 Å². The van der Waals surface area contributed by atoms with E-state index in [1.165, 1.54) is 5.56 Å². The zero-order chi connectivity index (χ0) is 19.4. The van der Waals surface area contributed by atoms with Crippen LogP contribution >= 0.6 is 0 Å². The first-order valence-electron chi connectivity index (χ1n) is 9.37. The van der Waals surface area contributed by atoms with Gasteiger partial charge in [0.15, 0.2) is 17.5 Å². The Hall–Kier alpha value is -2.93. The molecule has 148 valence electrons. The summed E-state index contributed by atoms with van der Waals surface area (Å²) in [6, 6.07) is 13.7. The van der Waals surface area contributed by atoms with Crippen molar-refractivity contribution in [3.8, 4) is 17.2 Å². The average Bonchev–Trinajstić information content (AvgIpc) is 3.21. The second-order valence-electron chi connectivity index (χ2n) is 7.02. The normalized spacial score (nSPS) is 18.0. The number of fused-ring (bicyclic) bond motifs is 1. The molecule has 1 saturated heterocycles. The number of benzene rings is 2. The quantitative estimate of drug-likeness (QED) is 0.610. The standard InChI is InChI=1S/C21H25N3O4/c1-25-17-5-3-16(4-6-17)24-20(22)23-13-21(8-10-26-11-9-21)15-2-7-18-19(12-15)28-14-27-18/h2-7,12H,8-11,13-14H2,1H3,(H3,22,23,24). The molecule has 2 aliphatic heterocycles. The molecule has 7 nitrogen and oxygen atoms in total. The van der Waals surface area contributed by atoms with Crippen LogP contribution in [0.15, 0.2) is 47.5 Å². The highest BCUT2D eigenvalue weighted by Crippen LogP contribution is 2.41. The summed E-state index contributed by atoms with van der Waals surface area (Å²) in [5, 5.41) is 3.14. The number of rotatable bonds is 5. The lowest BCUT2D eigenvalue weighted by molar-refractivity contribution is 0.0531. The molecule has 0 bridgehead atoms. The van der Waals surface area contributed by atoms with Crippen LogP contribution in [0.2, 0.25) is 0 Å². The third-order valence-corrected chi connectivity index (χ3v) is 5.35. The monoisotopic (exact) mass is 383 g/mol. The predicted molar refractivity (Wildman–Crippen MR) is 107 cm³/mol. The Morgan fingerprint density at radius 2 is 1.86 bits per heavy atom. The van der Waals surface area contributed by atoms with Crippen molar-refractivity contribution < 1.29 is 18.9 Å². The van der Waals surface area contributed by atoms with Crippen molar-refractivity contribution >= 4 is 11.6 Å². The number of guanidine groups is 1. The van der Waals surface area contributed by atoms with Crippen molar-refractivity contribution in [1.82, 2.24) is 0 Å². The molecular weight excluding hydrogens is 358 g/mol. The van der Waals surface area contributed by atoms with Gasteiger partial charge in [-0.15, -0.1) is 0 Å². The third-order valence-electron chi connectivity index (χ3n) is 5.35. The molecule has 2 heterocycles. The number of ether oxygens (including phenoxy) is 4. The zero-order valence-electron chi connectivity index (χ0n) is 15.9. The number of hydrogen-bond donors (Lipinski definition) is 2. The van der Waals surface area contributed by atoms with Crippen LogP contribution in [0, 0.1) is 0 Å². The molecule has 4 rings (SSSR count). The van der Waals surface area contributed by atoms with Gasteiger partial charge in [0.25, 0.3) is 0 Å². The minimum atomic E-state index is -0.133. The van der Waals surface area contributed by atoms with E-state index in [1.54, 1.807) is 7.11 Å². The summed E-state index contributed by atoms with van der Waals surface area (Å²) in [5.74, 6) is 2.76. The number of nitrogens with zero attached hydrogens (tertiary/aromatic N) is 1. The smallest absolute Gasteiger partial charge is 0.231 e. The number of anilines is 1. The van der Waals surface area contributed by atoms with Gasteiger partial charge >= 0.3 is 0 Å². The molecule has 0 unspecified atom stereocenters. The molecule has 2 aromatic carbocycles. The molecule has 0 radical (unpaired) electrons. The highest BCUT2D eigenvalue weighted by atomic mass is 16.7. The third kappa shape index (κ3) is 3.84. The highest BCUT2D eigenvalue weighted by Gasteiger charge is 2.35. The van der Waals surface area contributed by atoms with Gasteiger partial charge in [0.05, 0.1) is 13.7 Å². The lowest BCUT2D eigenvalue weighted by Crippen LogP contribution is -2.38. The molecule has 0 atom stereocenters. The molecule has 2 aromatic rings. The van der Waals surface area contributed by atoms with Crippen molar-refractivity contribution in [2.24, 2.45) is 10.7 Å². The molecule has 0 saturated carbocycles. The molecule has 28 heavy (non-hydrogen) atoms. The van der Waals surface area contributed by atoms with Crippen molar-refractivity contribution in [3.05, 3.63) is 48.0 Å². The molecule has 3 N–H and O–H groups in total. The van der Waals surface area contributed by atoms with Crippen molar-refractivity contribution in [2.45, 2.75) is 18.3 Å². The number of nitrogens with one attached hydrogen (secondary N) is 1. The molecule has 0 spiro atoms. The van der Waals surface area contributed by atoms with E-state index in [0.29, 0.717) is 25.7 Å². The second kappa shape index (κ2) is 7.98. The highest BCUT2D eigenvalue weighted by molar-refractivity contribution is 5.92. The maximum atomic E-state index is 6.15. The van der Waals surface area contributed by atoms with E-state index in [0.717, 1.165) is 35.8 Å². The van der Waals surface area contributed by atoms with E-state index in [9.17, 15) is 0 Å². The number of methoxy groups -OCH3 is 1. The van der Waals surface area contributed by atoms with E-state index in [2.05, 4.69) is 22.4 Å². The zero-order valence-corrected chi connectivity index (χ0v) is 15.9. The maximum absolute atomic E-state index is 6.15. The number of aliphatic imine (C=N–C) groups is 1. The number of hydrogen-bond acceptors (Lipinski definition) is 5. The molecule has 0 aromatic heterocycles. The fourth-order valence-corrected chi connectivity index (χ4v) is 3.62. The Labute approximate surface area is 164 Å². The van der Waals surface area contributed by atoms with Gasteiger partial charge in [0.2, 0.25) is 6.79 Å². The Morgan fingerprint density at radius 3 is 2.61 bits per heavy atom. The van der Waals surface area contributed by atoms with E-state index in [1.807, 2.05) is 30.3 Å². The van der Waals surface area contributed by atoms with E-state index in [4.69, 9.17) is 24.7 Å². The van der Waals surface area contributed by atoms with Crippen molar-refractivity contribution in [3.63, 3.8) is 0 Å². The predicted octanol–water partition coefficient (Wildman–Crippen LogP) is 2.90. The van der Waals surface area contributed by atoms with Gasteiger partial charge < -0.3 is 30.0 Å². The van der Waals surface area contributed by atoms with Crippen LogP contribution in [0.1, 0.15) is 18.4 Å². The van der Waals surface area contributed by atoms with Gasteiger partial charge in [-0.25, -0.2) is 0 Å². The van der Waals surface area contributed by atoms with Crippen LogP contribution in [0.25, 0.3) is 0 Å². The lowest BCUT2D eigenvalue weighted by atomic mass is 9.74. The molecule has 1 fully saturated rings. The van der Waals surface area contributed by atoms with Crippen LogP contribution in [0.4, 0.5) is 5.69 Å². The Morgan fingerprint density at radius 1 is 1.11 bits per heavy atom. The van der Waals surface area contributed by atoms with Crippen LogP contribution < -0.4 is 25.3 Å². The minimum Gasteiger partial charge on any atom is -0.497 e. The van der Waals surface area contributed by atoms with Gasteiger partial charge in [-0.05, 0) is 54.8 Å². The van der Waals surface area contributed by atoms with Gasteiger partial charge in [-0.3, -0.25) is 4.99 Å². The maximum Gasteiger partial charge on any atom is 0.231 e. The van der Waals surface area contributed by atoms with E-state index >= 15 is 0 Å². The topological polar surface area (TPSA) is 87.3 Å². The van der Waals surface area contributed by atoms with Crippen LogP contribution in [-0.2, 0) is 10.2 Å². The summed E-state index contributed by atoms with van der Waals surface area (Å²) >= 11 is 0. The Balaban J connectivity index is 1.52. The first-order chi connectivity index (χ1) is 13.7. The first-order valence-corrected chi connectivity index (χ1v) is 9.37. The fourth-order valence-electron chi connectivity index (χ4n) is 3.62. The largest absolute Gasteiger partial charge is 0.497 e. The summed E-state index contributed by atoms with van der Waals surface area (Å²) in [7, 11) is 1.64. The molecule has 7 heteroatoms. The fraction of sp³-hybridized carbons (Fsp3) is 0.381. The Bertz CT molecular complexity index is 845. The van der Waals surface area contributed by atoms with Crippen LogP contribution in [0.5, 0.6) is 17.2 Å². The SMILES string of the molecule is COc1ccc(NC(N)=NCC2(c3ccc4c(c3)OCO4)CCOCC2)cc1. The van der Waals surface area contributed by atoms with E-state index in [-0.39, 0.29) is 12.2 Å². The summed E-state index contributed by atoms with van der Waals surface area (Å²) in [5.41, 5.74) is 8.07. The van der Waals surface area contributed by atoms with Crippen molar-refractivity contribution in [2.75, 3.05) is 39.0 Å². The molecular formula is C21H25N3O4. The van der Waals surface area contributed by atoms with E-state index < -0.39 is 0 Å². The van der Waals surface area contributed by atoms with Gasteiger partial charge in [-0.1, -0.05) is 6.07 Å². The molecule has 0 aliphatic carbocycles. The average molecular weight is 383 g/mol. The first kappa shape index (κ1) is 18.4. The molecule has 0 amide bonds. The summed E-state index contributed by atoms with van der Waals surface area (Å²) in [4.78, 5) is 4.65. The summed E-state index contributed by atoms with van der Waals surface area (Å²) in [6.45, 7) is 2.25. The Kier molecular flexibility index (Phi) is 5.25. The van der Waals surface area contributed by atoms with Crippen molar-refractivity contribution in [1.29, 1.82) is 0 Å². The lowest BCUT2D eigenvalue weighted by Gasteiger charge is -2.36. The van der Waals surface area contributed by atoms with Gasteiger partial charge in [-0.2, -0.15) is 0 Å². The molecule has 2 aliphatic rings. The minimum absolute atomic E-state index is 0.133.